The van der Waals surface area contributed by atoms with Crippen molar-refractivity contribution in [1.29, 1.82) is 0 Å². The number of rotatable bonds is 5. The molecule has 0 saturated heterocycles. The molecule has 4 nitrogen and oxygen atoms in total. The highest BCUT2D eigenvalue weighted by Gasteiger charge is 2.41. The molecule has 1 heterocycles. The minimum Gasteiger partial charge on any atom is -0.457 e. The minimum atomic E-state index is -0.466. The van der Waals surface area contributed by atoms with Crippen LogP contribution in [0, 0.1) is 0 Å². The van der Waals surface area contributed by atoms with E-state index in [9.17, 15) is 9.59 Å². The molecule has 1 N–H and O–H groups in total. The van der Waals surface area contributed by atoms with E-state index in [0.717, 1.165) is 39.0 Å². The van der Waals surface area contributed by atoms with Gasteiger partial charge in [-0.05, 0) is 48.1 Å². The smallest absolute Gasteiger partial charge is 0.337 e. The Bertz CT molecular complexity index is 1310. The van der Waals surface area contributed by atoms with E-state index in [-0.39, 0.29) is 18.3 Å². The van der Waals surface area contributed by atoms with Crippen LogP contribution in [0.25, 0.3) is 0 Å². The maximum Gasteiger partial charge on any atom is 0.337 e. The lowest BCUT2D eigenvalue weighted by Gasteiger charge is -2.36. The van der Waals surface area contributed by atoms with E-state index in [1.165, 1.54) is 0 Å². The summed E-state index contributed by atoms with van der Waals surface area (Å²) in [6.07, 6.45) is 1.14. The van der Waals surface area contributed by atoms with Gasteiger partial charge in [-0.1, -0.05) is 88.7 Å². The number of carbonyl (C=O) groups excluding carboxylic acids is 2. The normalized spacial score (nSPS) is 19.8. The highest BCUT2D eigenvalue weighted by atomic mass is 79.9. The standard InChI is InChI=1S/C30H26BrNO3/c1-19-27(30(34)35-18-20-8-4-2-5-9-20)28(22-12-14-24(31)15-13-22)29-25(32-19)16-23(17-26(29)33)21-10-6-3-7-11-21/h2-15,23,28,32H,16-18H2,1H3/t23-,28-/m0/s1. The van der Waals surface area contributed by atoms with Crippen molar-refractivity contribution in [3.8, 4) is 0 Å². The van der Waals surface area contributed by atoms with Crippen LogP contribution in [-0.4, -0.2) is 11.8 Å². The van der Waals surface area contributed by atoms with Gasteiger partial charge >= 0.3 is 5.97 Å². The number of esters is 1. The predicted octanol–water partition coefficient (Wildman–Crippen LogP) is 6.55. The summed E-state index contributed by atoms with van der Waals surface area (Å²) in [6.45, 7) is 2.07. The molecule has 0 amide bonds. The molecule has 0 fully saturated rings. The van der Waals surface area contributed by atoms with Crippen molar-refractivity contribution >= 4 is 27.7 Å². The summed E-state index contributed by atoms with van der Waals surface area (Å²) < 4.78 is 6.68. The van der Waals surface area contributed by atoms with Gasteiger partial charge in [0.2, 0.25) is 0 Å². The number of hydrogen-bond acceptors (Lipinski definition) is 4. The van der Waals surface area contributed by atoms with Gasteiger partial charge in [0, 0.05) is 33.8 Å². The molecule has 3 aromatic carbocycles. The van der Waals surface area contributed by atoms with Crippen molar-refractivity contribution in [2.45, 2.75) is 38.2 Å². The SMILES string of the molecule is CC1=C(C(=O)OCc2ccccc2)[C@H](c2ccc(Br)cc2)C2=C(C[C@H](c3ccccc3)CC2=O)N1. The van der Waals surface area contributed by atoms with Crippen LogP contribution in [-0.2, 0) is 20.9 Å². The highest BCUT2D eigenvalue weighted by Crippen LogP contribution is 2.45. The van der Waals surface area contributed by atoms with Gasteiger partial charge in [0.1, 0.15) is 6.61 Å². The Morgan fingerprint density at radius 2 is 1.57 bits per heavy atom. The fraction of sp³-hybridized carbons (Fsp3) is 0.200. The van der Waals surface area contributed by atoms with Gasteiger partial charge in [-0.3, -0.25) is 4.79 Å². The van der Waals surface area contributed by atoms with Gasteiger partial charge in [-0.2, -0.15) is 0 Å². The third-order valence-corrected chi connectivity index (χ3v) is 7.26. The van der Waals surface area contributed by atoms with E-state index >= 15 is 0 Å². The van der Waals surface area contributed by atoms with E-state index in [1.54, 1.807) is 0 Å². The zero-order valence-electron chi connectivity index (χ0n) is 19.5. The van der Waals surface area contributed by atoms with Gasteiger partial charge in [0.05, 0.1) is 5.57 Å². The number of benzene rings is 3. The molecule has 0 unspecified atom stereocenters. The first kappa shape index (κ1) is 23.3. The number of allylic oxidation sites excluding steroid dienone is 3. The molecule has 0 bridgehead atoms. The number of ketones is 1. The van der Waals surface area contributed by atoms with Crippen LogP contribution in [0.1, 0.15) is 48.3 Å². The summed E-state index contributed by atoms with van der Waals surface area (Å²) in [5.41, 5.74) is 5.79. The molecule has 0 radical (unpaired) electrons. The topological polar surface area (TPSA) is 55.4 Å². The number of Topliss-reactive ketones (excluding diaryl/α,β-unsaturated/α-hetero) is 1. The summed E-state index contributed by atoms with van der Waals surface area (Å²) in [4.78, 5) is 27.1. The Morgan fingerprint density at radius 1 is 0.914 bits per heavy atom. The van der Waals surface area contributed by atoms with E-state index < -0.39 is 11.9 Å². The number of halogens is 1. The van der Waals surface area contributed by atoms with Crippen molar-refractivity contribution in [2.75, 3.05) is 0 Å². The number of nitrogens with one attached hydrogen (secondary N) is 1. The van der Waals surface area contributed by atoms with Crippen LogP contribution in [0.3, 0.4) is 0 Å². The molecule has 0 spiro atoms. The van der Waals surface area contributed by atoms with Crippen LogP contribution >= 0.6 is 15.9 Å². The monoisotopic (exact) mass is 527 g/mol. The first-order valence-electron chi connectivity index (χ1n) is 11.8. The molecule has 35 heavy (non-hydrogen) atoms. The lowest BCUT2D eigenvalue weighted by Crippen LogP contribution is -2.36. The molecular weight excluding hydrogens is 502 g/mol. The van der Waals surface area contributed by atoms with Crippen molar-refractivity contribution in [3.63, 3.8) is 0 Å². The van der Waals surface area contributed by atoms with Crippen LogP contribution in [0.2, 0.25) is 0 Å². The van der Waals surface area contributed by atoms with Crippen molar-refractivity contribution in [2.24, 2.45) is 0 Å². The molecule has 0 saturated carbocycles. The van der Waals surface area contributed by atoms with Crippen molar-refractivity contribution in [3.05, 3.63) is 129 Å². The van der Waals surface area contributed by atoms with E-state index in [2.05, 4.69) is 33.4 Å². The van der Waals surface area contributed by atoms with Crippen LogP contribution in [0.5, 0.6) is 0 Å². The van der Waals surface area contributed by atoms with E-state index in [0.29, 0.717) is 17.6 Å². The Morgan fingerprint density at radius 3 is 2.26 bits per heavy atom. The quantitative estimate of drug-likeness (QED) is 0.382. The second-order valence-corrected chi connectivity index (χ2v) is 9.96. The molecule has 3 aromatic rings. The molecular formula is C30H26BrNO3. The molecule has 5 rings (SSSR count). The summed E-state index contributed by atoms with van der Waals surface area (Å²) in [5, 5.41) is 3.42. The first-order valence-corrected chi connectivity index (χ1v) is 12.6. The van der Waals surface area contributed by atoms with Gasteiger partial charge in [0.15, 0.2) is 5.78 Å². The summed E-state index contributed by atoms with van der Waals surface area (Å²) >= 11 is 3.50. The molecule has 1 aliphatic heterocycles. The maximum atomic E-state index is 13.6. The van der Waals surface area contributed by atoms with Crippen LogP contribution in [0.15, 0.2) is 112 Å². The number of hydrogen-bond donors (Lipinski definition) is 1. The lowest BCUT2D eigenvalue weighted by atomic mass is 9.72. The van der Waals surface area contributed by atoms with Crippen molar-refractivity contribution in [1.82, 2.24) is 5.32 Å². The lowest BCUT2D eigenvalue weighted by molar-refractivity contribution is -0.140. The van der Waals surface area contributed by atoms with Crippen molar-refractivity contribution < 1.29 is 14.3 Å². The largest absolute Gasteiger partial charge is 0.457 e. The highest BCUT2D eigenvalue weighted by molar-refractivity contribution is 9.10. The third kappa shape index (κ3) is 4.87. The summed E-state index contributed by atoms with van der Waals surface area (Å²) in [7, 11) is 0. The Kier molecular flexibility index (Phi) is 6.69. The molecule has 2 aliphatic rings. The average molecular weight is 528 g/mol. The van der Waals surface area contributed by atoms with Crippen LogP contribution < -0.4 is 5.32 Å². The Labute approximate surface area is 213 Å². The van der Waals surface area contributed by atoms with Gasteiger partial charge in [-0.15, -0.1) is 0 Å². The molecule has 0 aromatic heterocycles. The molecule has 176 valence electrons. The summed E-state index contributed by atoms with van der Waals surface area (Å²) in [6, 6.07) is 27.6. The van der Waals surface area contributed by atoms with E-state index in [1.807, 2.05) is 79.7 Å². The van der Waals surface area contributed by atoms with Gasteiger partial charge in [0.25, 0.3) is 0 Å². The Balaban J connectivity index is 1.51. The zero-order chi connectivity index (χ0) is 24.4. The van der Waals surface area contributed by atoms with E-state index in [4.69, 9.17) is 4.74 Å². The van der Waals surface area contributed by atoms with Gasteiger partial charge < -0.3 is 10.1 Å². The third-order valence-electron chi connectivity index (χ3n) is 6.73. The molecule has 5 heteroatoms. The average Bonchev–Trinajstić information content (AvgIpc) is 2.88. The maximum absolute atomic E-state index is 13.6. The number of carbonyl (C=O) groups is 2. The minimum absolute atomic E-state index is 0.0707. The number of dihydropyridines is 1. The molecule has 1 aliphatic carbocycles. The Hall–Kier alpha value is -3.44. The van der Waals surface area contributed by atoms with Gasteiger partial charge in [-0.25, -0.2) is 4.79 Å². The fourth-order valence-corrected chi connectivity index (χ4v) is 5.32. The first-order chi connectivity index (χ1) is 17.0. The predicted molar refractivity (Wildman–Crippen MR) is 139 cm³/mol. The summed E-state index contributed by atoms with van der Waals surface area (Å²) in [5.74, 6) is -0.690. The second kappa shape index (κ2) is 10.0. The number of ether oxygens (including phenoxy) is 1. The van der Waals surface area contributed by atoms with Crippen LogP contribution in [0.4, 0.5) is 0 Å². The fourth-order valence-electron chi connectivity index (χ4n) is 5.06. The second-order valence-electron chi connectivity index (χ2n) is 9.04. The zero-order valence-corrected chi connectivity index (χ0v) is 21.0. The molecule has 2 atom stereocenters.